The molecule has 0 bridgehead atoms. The number of halogens is 2. The van der Waals surface area contributed by atoms with Crippen LogP contribution >= 0.6 is 11.6 Å². The van der Waals surface area contributed by atoms with E-state index in [1.807, 2.05) is 25.5 Å². The van der Waals surface area contributed by atoms with Gasteiger partial charge in [-0.05, 0) is 26.3 Å². The Morgan fingerprint density at radius 3 is 2.57 bits per heavy atom. The van der Waals surface area contributed by atoms with Crippen LogP contribution in [-0.4, -0.2) is 9.78 Å². The molecule has 1 aromatic heterocycles. The quantitative estimate of drug-likeness (QED) is 0.912. The van der Waals surface area contributed by atoms with E-state index in [1.165, 1.54) is 6.07 Å². The Morgan fingerprint density at radius 2 is 2.00 bits per heavy atom. The second kappa shape index (κ2) is 6.16. The topological polar surface area (TPSA) is 43.8 Å². The van der Waals surface area contributed by atoms with Crippen LogP contribution in [0.2, 0.25) is 5.02 Å². The van der Waals surface area contributed by atoms with Gasteiger partial charge in [0.25, 0.3) is 0 Å². The Hall–Kier alpha value is -1.39. The summed E-state index contributed by atoms with van der Waals surface area (Å²) in [5, 5.41) is 5.02. The third-order valence-corrected chi connectivity index (χ3v) is 4.47. The van der Waals surface area contributed by atoms with Crippen LogP contribution in [-0.2, 0) is 18.5 Å². The van der Waals surface area contributed by atoms with Crippen LogP contribution < -0.4 is 5.73 Å². The van der Waals surface area contributed by atoms with E-state index in [2.05, 4.69) is 5.10 Å². The molecular weight excluding hydrogens is 289 g/mol. The summed E-state index contributed by atoms with van der Waals surface area (Å²) >= 11 is 6.35. The molecule has 2 rings (SSSR count). The first-order valence-corrected chi connectivity index (χ1v) is 7.56. The summed E-state index contributed by atoms with van der Waals surface area (Å²) in [4.78, 5) is 0. The highest BCUT2D eigenvalue weighted by Gasteiger charge is 2.31. The maximum atomic E-state index is 14.1. The van der Waals surface area contributed by atoms with Crippen molar-refractivity contribution in [1.82, 2.24) is 9.78 Å². The molecule has 0 saturated heterocycles. The molecule has 114 valence electrons. The van der Waals surface area contributed by atoms with Crippen molar-refractivity contribution in [2.75, 3.05) is 0 Å². The minimum Gasteiger partial charge on any atom is -0.321 e. The van der Waals surface area contributed by atoms with Gasteiger partial charge >= 0.3 is 0 Å². The largest absolute Gasteiger partial charge is 0.321 e. The molecule has 0 saturated carbocycles. The molecular formula is C16H21ClFN3. The van der Waals surface area contributed by atoms with Gasteiger partial charge in [0.2, 0.25) is 0 Å². The van der Waals surface area contributed by atoms with E-state index in [4.69, 9.17) is 17.3 Å². The van der Waals surface area contributed by atoms with E-state index in [0.29, 0.717) is 30.0 Å². The molecule has 0 amide bonds. The van der Waals surface area contributed by atoms with Gasteiger partial charge < -0.3 is 5.73 Å². The predicted octanol–water partition coefficient (Wildman–Crippen LogP) is 3.81. The summed E-state index contributed by atoms with van der Waals surface area (Å²) in [7, 11) is 0. The van der Waals surface area contributed by atoms with Gasteiger partial charge in [-0.25, -0.2) is 4.39 Å². The van der Waals surface area contributed by atoms with Crippen LogP contribution in [0.15, 0.2) is 24.3 Å². The predicted molar refractivity (Wildman–Crippen MR) is 83.9 cm³/mol. The van der Waals surface area contributed by atoms with Gasteiger partial charge in [-0.15, -0.1) is 0 Å². The fourth-order valence-corrected chi connectivity index (χ4v) is 2.81. The minimum atomic E-state index is -0.797. The third-order valence-electron chi connectivity index (χ3n) is 3.98. The molecule has 0 aliphatic carbocycles. The van der Waals surface area contributed by atoms with E-state index in [0.717, 1.165) is 11.4 Å². The van der Waals surface area contributed by atoms with E-state index < -0.39 is 5.54 Å². The lowest BCUT2D eigenvalue weighted by Gasteiger charge is -2.29. The number of nitrogens with two attached hydrogens (primary N) is 1. The molecule has 21 heavy (non-hydrogen) atoms. The molecule has 3 nitrogen and oxygen atoms in total. The Morgan fingerprint density at radius 1 is 1.33 bits per heavy atom. The first-order valence-electron chi connectivity index (χ1n) is 7.18. The van der Waals surface area contributed by atoms with Gasteiger partial charge in [0.1, 0.15) is 5.82 Å². The van der Waals surface area contributed by atoms with Crippen LogP contribution in [0.4, 0.5) is 4.39 Å². The van der Waals surface area contributed by atoms with E-state index in [9.17, 15) is 4.39 Å². The molecule has 0 radical (unpaired) electrons. The van der Waals surface area contributed by atoms with Crippen molar-refractivity contribution < 1.29 is 4.39 Å². The Balaban J connectivity index is 2.46. The van der Waals surface area contributed by atoms with Gasteiger partial charge in [0.15, 0.2) is 0 Å². The molecule has 1 atom stereocenters. The lowest BCUT2D eigenvalue weighted by atomic mass is 9.83. The second-order valence-corrected chi connectivity index (χ2v) is 5.71. The first kappa shape index (κ1) is 16.0. The normalized spacial score (nSPS) is 14.2. The monoisotopic (exact) mass is 309 g/mol. The van der Waals surface area contributed by atoms with Crippen molar-refractivity contribution in [2.24, 2.45) is 5.73 Å². The van der Waals surface area contributed by atoms with Crippen LogP contribution in [0.1, 0.15) is 37.2 Å². The number of nitrogens with zero attached hydrogens (tertiary/aromatic N) is 2. The molecule has 0 aliphatic heterocycles. The number of rotatable bonds is 5. The fourth-order valence-electron chi connectivity index (χ4n) is 2.61. The van der Waals surface area contributed by atoms with Gasteiger partial charge in [-0.3, -0.25) is 4.68 Å². The van der Waals surface area contributed by atoms with Crippen molar-refractivity contribution in [3.8, 4) is 0 Å². The summed E-state index contributed by atoms with van der Waals surface area (Å²) in [5.74, 6) is -0.280. The smallest absolute Gasteiger partial charge is 0.128 e. The van der Waals surface area contributed by atoms with Crippen molar-refractivity contribution in [2.45, 2.75) is 45.7 Å². The Kier molecular flexibility index (Phi) is 4.69. The number of aryl methyl sites for hydroxylation is 2. The van der Waals surface area contributed by atoms with Crippen LogP contribution in [0.5, 0.6) is 0 Å². The second-order valence-electron chi connectivity index (χ2n) is 5.33. The first-order chi connectivity index (χ1) is 9.92. The molecule has 2 aromatic rings. The molecule has 0 aliphatic rings. The summed E-state index contributed by atoms with van der Waals surface area (Å²) < 4.78 is 16.0. The molecule has 1 heterocycles. The Bertz CT molecular complexity index is 638. The van der Waals surface area contributed by atoms with Gasteiger partial charge in [0.05, 0.1) is 16.4 Å². The lowest BCUT2D eigenvalue weighted by Crippen LogP contribution is -2.40. The fraction of sp³-hybridized carbons (Fsp3) is 0.438. The van der Waals surface area contributed by atoms with Crippen molar-refractivity contribution in [3.63, 3.8) is 0 Å². The molecule has 0 fully saturated rings. The van der Waals surface area contributed by atoms with Crippen molar-refractivity contribution >= 4 is 11.6 Å². The number of hydrogen-bond donors (Lipinski definition) is 1. The van der Waals surface area contributed by atoms with E-state index in [-0.39, 0.29) is 5.82 Å². The Labute approximate surface area is 129 Å². The molecule has 2 N–H and O–H groups in total. The number of benzene rings is 1. The van der Waals surface area contributed by atoms with E-state index in [1.54, 1.807) is 18.2 Å². The molecule has 0 spiro atoms. The van der Waals surface area contributed by atoms with Crippen molar-refractivity contribution in [3.05, 3.63) is 52.1 Å². The summed E-state index contributed by atoms with van der Waals surface area (Å²) in [6, 6.07) is 6.66. The highest BCUT2D eigenvalue weighted by atomic mass is 35.5. The molecule has 1 unspecified atom stereocenters. The third kappa shape index (κ3) is 2.97. The zero-order valence-electron chi connectivity index (χ0n) is 12.7. The zero-order valence-corrected chi connectivity index (χ0v) is 13.4. The highest BCUT2D eigenvalue weighted by molar-refractivity contribution is 6.31. The highest BCUT2D eigenvalue weighted by Crippen LogP contribution is 2.32. The van der Waals surface area contributed by atoms with Crippen LogP contribution in [0.25, 0.3) is 0 Å². The van der Waals surface area contributed by atoms with Gasteiger partial charge in [0, 0.05) is 24.1 Å². The lowest BCUT2D eigenvalue weighted by molar-refractivity contribution is 0.389. The standard InChI is InChI=1S/C16H21ClFN3/c1-4-16(19,12-8-6-7-9-13(12)18)10-14-15(17)11(3)20-21(14)5-2/h6-9H,4-5,10,19H2,1-3H3. The molecule has 1 aromatic carbocycles. The minimum absolute atomic E-state index is 0.280. The zero-order chi connectivity index (χ0) is 15.6. The summed E-state index contributed by atoms with van der Waals surface area (Å²) in [5.41, 5.74) is 7.88. The summed E-state index contributed by atoms with van der Waals surface area (Å²) in [6.07, 6.45) is 1.07. The van der Waals surface area contributed by atoms with E-state index >= 15 is 0 Å². The summed E-state index contributed by atoms with van der Waals surface area (Å²) in [6.45, 7) is 6.53. The van der Waals surface area contributed by atoms with Crippen LogP contribution in [0, 0.1) is 12.7 Å². The maximum absolute atomic E-state index is 14.1. The maximum Gasteiger partial charge on any atom is 0.128 e. The average Bonchev–Trinajstić information content (AvgIpc) is 2.75. The van der Waals surface area contributed by atoms with Gasteiger partial charge in [-0.1, -0.05) is 36.7 Å². The average molecular weight is 310 g/mol. The van der Waals surface area contributed by atoms with Crippen molar-refractivity contribution in [1.29, 1.82) is 0 Å². The molecule has 5 heteroatoms. The number of hydrogen-bond acceptors (Lipinski definition) is 2. The number of aromatic nitrogens is 2. The SMILES string of the molecule is CCn1nc(C)c(Cl)c1CC(N)(CC)c1ccccc1F. The van der Waals surface area contributed by atoms with Gasteiger partial charge in [-0.2, -0.15) is 5.10 Å². The van der Waals surface area contributed by atoms with Crippen LogP contribution in [0.3, 0.4) is 0 Å².